The maximum atomic E-state index is 13.4. The van der Waals surface area contributed by atoms with Crippen LogP contribution in [-0.2, 0) is 4.79 Å². The largest absolute Gasteiger partial charge is 0.506 e. The molecule has 0 spiro atoms. The van der Waals surface area contributed by atoms with E-state index < -0.39 is 5.41 Å². The number of aromatic hydroxyl groups is 1. The van der Waals surface area contributed by atoms with Crippen LogP contribution in [0.15, 0.2) is 80.2 Å². The van der Waals surface area contributed by atoms with Gasteiger partial charge in [0.05, 0.1) is 5.69 Å². The van der Waals surface area contributed by atoms with Crippen LogP contribution < -0.4 is 15.6 Å². The molecule has 1 aromatic heterocycles. The Labute approximate surface area is 294 Å². The van der Waals surface area contributed by atoms with Gasteiger partial charge in [-0.05, 0) is 87.8 Å². The maximum absolute atomic E-state index is 13.4. The number of nitrogens with zero attached hydrogens (tertiary/aromatic N) is 2. The molecule has 1 aliphatic carbocycles. The fraction of sp³-hybridized carbons (Fsp3) is 0.500. The van der Waals surface area contributed by atoms with Crippen LogP contribution in [0, 0.1) is 18.3 Å². The number of anilines is 2. The zero-order chi connectivity index (χ0) is 36.3. The lowest BCUT2D eigenvalue weighted by atomic mass is 9.81. The normalized spacial score (nSPS) is 15.1. The zero-order valence-electron chi connectivity index (χ0n) is 31.5. The average molecular weight is 670 g/mol. The van der Waals surface area contributed by atoms with Gasteiger partial charge in [-0.25, -0.2) is 4.99 Å². The van der Waals surface area contributed by atoms with E-state index >= 15 is 0 Å². The minimum Gasteiger partial charge on any atom is -0.506 e. The molecule has 0 unspecified atom stereocenters. The number of aliphatic imine (C=N–C) groups is 1. The highest BCUT2D eigenvalue weighted by molar-refractivity contribution is 6.05. The topological polar surface area (TPSA) is 95.1 Å². The van der Waals surface area contributed by atoms with Gasteiger partial charge in [0.15, 0.2) is 17.1 Å². The van der Waals surface area contributed by atoms with Crippen molar-refractivity contribution in [3.05, 3.63) is 93.2 Å². The Morgan fingerprint density at radius 3 is 2.37 bits per heavy atom. The second-order valence-electron chi connectivity index (χ2n) is 14.3. The molecular weight excluding hydrogens is 610 g/mol. The SMILES string of the molecule is C=C(\N=C(C)/C(=C\C)/C=C(\CC1CCCC1)C(=O)C(C)(C)C)Nc1ccc(/C(=C/C)c2oc(N(CCC)CCCC)cc(=O)c2C)cc1O. The first-order valence-electron chi connectivity index (χ1n) is 18.1. The Morgan fingerprint density at radius 2 is 1.80 bits per heavy atom. The van der Waals surface area contributed by atoms with Gasteiger partial charge in [0.25, 0.3) is 0 Å². The third-order valence-corrected chi connectivity index (χ3v) is 9.20. The summed E-state index contributed by atoms with van der Waals surface area (Å²) in [6.45, 7) is 23.4. The van der Waals surface area contributed by atoms with Crippen LogP contribution >= 0.6 is 0 Å². The number of ketones is 1. The van der Waals surface area contributed by atoms with E-state index in [2.05, 4.69) is 30.6 Å². The number of Topliss-reactive ketones (excluding diaryl/α,β-unsaturated/α-hetero) is 1. The molecule has 1 aromatic carbocycles. The Morgan fingerprint density at radius 1 is 1.10 bits per heavy atom. The summed E-state index contributed by atoms with van der Waals surface area (Å²) < 4.78 is 6.41. The fourth-order valence-electron chi connectivity index (χ4n) is 6.40. The molecule has 0 aliphatic heterocycles. The first-order valence-corrected chi connectivity index (χ1v) is 18.1. The summed E-state index contributed by atoms with van der Waals surface area (Å²) in [7, 11) is 0. The number of benzene rings is 1. The Kier molecular flexibility index (Phi) is 14.5. The highest BCUT2D eigenvalue weighted by atomic mass is 16.4. The molecule has 0 radical (unpaired) electrons. The highest BCUT2D eigenvalue weighted by Gasteiger charge is 2.28. The van der Waals surface area contributed by atoms with E-state index in [1.165, 1.54) is 25.7 Å². The number of allylic oxidation sites excluding steroid dienone is 5. The van der Waals surface area contributed by atoms with Crippen molar-refractivity contribution in [2.45, 2.75) is 114 Å². The van der Waals surface area contributed by atoms with Crippen LogP contribution in [0.3, 0.4) is 0 Å². The fourth-order valence-corrected chi connectivity index (χ4v) is 6.40. The number of carbonyl (C=O) groups is 1. The molecule has 0 atom stereocenters. The van der Waals surface area contributed by atoms with Crippen molar-refractivity contribution in [3.8, 4) is 5.75 Å². The quantitative estimate of drug-likeness (QED) is 0.0799. The lowest BCUT2D eigenvalue weighted by molar-refractivity contribution is -0.122. The van der Waals surface area contributed by atoms with Crippen LogP contribution in [-0.4, -0.2) is 29.7 Å². The number of hydrogen-bond acceptors (Lipinski definition) is 7. The van der Waals surface area contributed by atoms with Gasteiger partial charge in [0, 0.05) is 41.4 Å². The standard InChI is InChI=1S/C42H59N3O4/c1-11-15-23-45(22-12-2)39-27-37(46)28(5)40(49-39)35(14-4)33-20-21-36(38(47)26-33)44-30(7)43-29(6)32(13-3)25-34(41(48)42(8,9)10)24-31-18-16-17-19-31/h13-14,20-21,25-27,31,44,47H,7,11-12,15-19,22-24H2,1-6,8-10H3/b32-13-,34-25+,35-14-,43-29-. The first kappa shape index (κ1) is 39.3. The van der Waals surface area contributed by atoms with Crippen molar-refractivity contribution in [2.24, 2.45) is 16.3 Å². The van der Waals surface area contributed by atoms with Gasteiger partial charge in [-0.15, -0.1) is 0 Å². The average Bonchev–Trinajstić information content (AvgIpc) is 3.57. The van der Waals surface area contributed by atoms with Crippen LogP contribution in [0.2, 0.25) is 0 Å². The Hall–Kier alpha value is -4.13. The third-order valence-electron chi connectivity index (χ3n) is 9.20. The van der Waals surface area contributed by atoms with E-state index in [1.807, 2.05) is 65.8 Å². The molecule has 1 heterocycles. The zero-order valence-corrected chi connectivity index (χ0v) is 31.5. The molecular formula is C42H59N3O4. The number of nitrogens with one attached hydrogen (secondary N) is 1. The summed E-state index contributed by atoms with van der Waals surface area (Å²) in [6, 6.07) is 6.89. The van der Waals surface area contributed by atoms with Gasteiger partial charge < -0.3 is 19.7 Å². The van der Waals surface area contributed by atoms with Crippen LogP contribution in [0.25, 0.3) is 5.57 Å². The summed E-state index contributed by atoms with van der Waals surface area (Å²) in [4.78, 5) is 33.4. The van der Waals surface area contributed by atoms with Crippen molar-refractivity contribution >= 4 is 28.6 Å². The number of hydrogen-bond donors (Lipinski definition) is 2. The molecule has 0 bridgehead atoms. The molecule has 7 heteroatoms. The van der Waals surface area contributed by atoms with Crippen molar-refractivity contribution in [3.63, 3.8) is 0 Å². The lowest BCUT2D eigenvalue weighted by Gasteiger charge is -2.23. The van der Waals surface area contributed by atoms with Crippen molar-refractivity contribution in [1.29, 1.82) is 0 Å². The predicted molar refractivity (Wildman–Crippen MR) is 207 cm³/mol. The molecule has 1 aliphatic rings. The van der Waals surface area contributed by atoms with E-state index in [0.29, 0.717) is 34.6 Å². The molecule has 0 amide bonds. The number of unbranched alkanes of at least 4 members (excludes halogenated alkanes) is 1. The van der Waals surface area contributed by atoms with Gasteiger partial charge in [0.2, 0.25) is 0 Å². The van der Waals surface area contributed by atoms with E-state index in [0.717, 1.165) is 66.8 Å². The molecule has 0 saturated heterocycles. The summed E-state index contributed by atoms with van der Waals surface area (Å²) in [5, 5.41) is 14.2. The van der Waals surface area contributed by atoms with Gasteiger partial charge in [-0.1, -0.05) is 91.5 Å². The summed E-state index contributed by atoms with van der Waals surface area (Å²) >= 11 is 0. The molecule has 2 aromatic rings. The Bertz CT molecular complexity index is 1660. The second-order valence-corrected chi connectivity index (χ2v) is 14.3. The number of rotatable bonds is 16. The maximum Gasteiger partial charge on any atom is 0.199 e. The number of carbonyl (C=O) groups excluding carboxylic acids is 1. The Balaban J connectivity index is 1.86. The highest BCUT2D eigenvalue weighted by Crippen LogP contribution is 2.35. The van der Waals surface area contributed by atoms with Crippen molar-refractivity contribution in [1.82, 2.24) is 0 Å². The van der Waals surface area contributed by atoms with Gasteiger partial charge >= 0.3 is 0 Å². The van der Waals surface area contributed by atoms with E-state index in [-0.39, 0.29) is 17.0 Å². The predicted octanol–water partition coefficient (Wildman–Crippen LogP) is 10.5. The van der Waals surface area contributed by atoms with E-state index in [9.17, 15) is 14.7 Å². The lowest BCUT2D eigenvalue weighted by Crippen LogP contribution is -2.27. The first-order chi connectivity index (χ1) is 23.2. The minimum absolute atomic E-state index is 0.0124. The van der Waals surface area contributed by atoms with Crippen LogP contribution in [0.1, 0.15) is 124 Å². The monoisotopic (exact) mass is 669 g/mol. The van der Waals surface area contributed by atoms with Crippen molar-refractivity contribution in [2.75, 3.05) is 23.3 Å². The van der Waals surface area contributed by atoms with Crippen LogP contribution in [0.5, 0.6) is 5.75 Å². The molecule has 3 rings (SSSR count). The van der Waals surface area contributed by atoms with Crippen LogP contribution in [0.4, 0.5) is 11.6 Å². The van der Waals surface area contributed by atoms with Crippen molar-refractivity contribution < 1.29 is 14.3 Å². The molecule has 7 nitrogen and oxygen atoms in total. The van der Waals surface area contributed by atoms with E-state index in [1.54, 1.807) is 25.1 Å². The molecule has 1 fully saturated rings. The molecule has 1 saturated carbocycles. The summed E-state index contributed by atoms with van der Waals surface area (Å²) in [5.41, 5.74) is 4.31. The van der Waals surface area contributed by atoms with Gasteiger partial charge in [-0.2, -0.15) is 0 Å². The second kappa shape index (κ2) is 18.0. The number of phenolic OH excluding ortho intramolecular Hbond substituents is 1. The summed E-state index contributed by atoms with van der Waals surface area (Å²) in [5.74, 6) is 2.15. The number of phenols is 1. The molecule has 49 heavy (non-hydrogen) atoms. The summed E-state index contributed by atoms with van der Waals surface area (Å²) in [6.07, 6.45) is 14.5. The third kappa shape index (κ3) is 10.7. The molecule has 266 valence electrons. The minimum atomic E-state index is -0.465. The van der Waals surface area contributed by atoms with Gasteiger partial charge in [-0.3, -0.25) is 9.59 Å². The smallest absolute Gasteiger partial charge is 0.199 e. The van der Waals surface area contributed by atoms with E-state index in [4.69, 9.17) is 9.41 Å². The van der Waals surface area contributed by atoms with Gasteiger partial charge in [0.1, 0.15) is 17.3 Å². The molecule has 2 N–H and O–H groups in total.